The monoisotopic (exact) mass is 298 g/mol. The number of nitrogens with zero attached hydrogens (tertiary/aromatic N) is 2. The zero-order chi connectivity index (χ0) is 13.1. The SMILES string of the molecule is ClCc1csc(CCN2CCC3(CCCC3)CC2)n1. The van der Waals surface area contributed by atoms with Crippen molar-refractivity contribution in [2.45, 2.75) is 50.8 Å². The molecule has 2 aliphatic rings. The Morgan fingerprint density at radius 1 is 1.21 bits per heavy atom. The summed E-state index contributed by atoms with van der Waals surface area (Å²) >= 11 is 7.55. The summed E-state index contributed by atoms with van der Waals surface area (Å²) in [5.74, 6) is 0.544. The molecule has 4 heteroatoms. The molecule has 0 aromatic carbocycles. The summed E-state index contributed by atoms with van der Waals surface area (Å²) in [5, 5.41) is 3.34. The van der Waals surface area contributed by atoms with E-state index in [2.05, 4.69) is 15.3 Å². The van der Waals surface area contributed by atoms with E-state index in [-0.39, 0.29) is 0 Å². The Labute approximate surface area is 125 Å². The number of aromatic nitrogens is 1. The van der Waals surface area contributed by atoms with E-state index < -0.39 is 0 Å². The Kier molecular flexibility index (Phi) is 4.45. The number of piperidine rings is 1. The average Bonchev–Trinajstić information content (AvgIpc) is 3.08. The van der Waals surface area contributed by atoms with Gasteiger partial charge in [0.15, 0.2) is 0 Å². The van der Waals surface area contributed by atoms with Gasteiger partial charge in [-0.3, -0.25) is 0 Å². The Hall–Kier alpha value is -0.120. The molecular weight excluding hydrogens is 276 g/mol. The topological polar surface area (TPSA) is 16.1 Å². The summed E-state index contributed by atoms with van der Waals surface area (Å²) in [5.41, 5.74) is 1.77. The van der Waals surface area contributed by atoms with Crippen LogP contribution in [0.3, 0.4) is 0 Å². The number of hydrogen-bond donors (Lipinski definition) is 0. The molecule has 0 amide bonds. The van der Waals surface area contributed by atoms with Crippen molar-refractivity contribution in [1.82, 2.24) is 9.88 Å². The summed E-state index contributed by atoms with van der Waals surface area (Å²) in [6.45, 7) is 3.77. The number of alkyl halides is 1. The van der Waals surface area contributed by atoms with Crippen LogP contribution >= 0.6 is 22.9 Å². The van der Waals surface area contributed by atoms with Gasteiger partial charge in [-0.25, -0.2) is 4.98 Å². The van der Waals surface area contributed by atoms with Gasteiger partial charge in [0.2, 0.25) is 0 Å². The predicted octanol–water partition coefficient (Wildman–Crippen LogP) is 4.08. The van der Waals surface area contributed by atoms with Crippen LogP contribution in [0.1, 0.15) is 49.2 Å². The van der Waals surface area contributed by atoms with E-state index in [1.807, 2.05) is 0 Å². The van der Waals surface area contributed by atoms with Crippen LogP contribution in [0, 0.1) is 5.41 Å². The molecular formula is C15H23ClN2S. The van der Waals surface area contributed by atoms with Crippen molar-refractivity contribution in [2.24, 2.45) is 5.41 Å². The van der Waals surface area contributed by atoms with Crippen molar-refractivity contribution in [2.75, 3.05) is 19.6 Å². The highest BCUT2D eigenvalue weighted by Crippen LogP contribution is 2.46. The van der Waals surface area contributed by atoms with Gasteiger partial charge < -0.3 is 4.90 Å². The Morgan fingerprint density at radius 2 is 1.95 bits per heavy atom. The van der Waals surface area contributed by atoms with Crippen LogP contribution < -0.4 is 0 Å². The van der Waals surface area contributed by atoms with E-state index >= 15 is 0 Å². The van der Waals surface area contributed by atoms with Gasteiger partial charge >= 0.3 is 0 Å². The van der Waals surface area contributed by atoms with Gasteiger partial charge in [-0.05, 0) is 44.2 Å². The van der Waals surface area contributed by atoms with Gasteiger partial charge in [-0.1, -0.05) is 12.8 Å². The molecule has 0 N–H and O–H groups in total. The second-order valence-corrected chi connectivity index (χ2v) is 7.37. The first kappa shape index (κ1) is 13.8. The maximum Gasteiger partial charge on any atom is 0.0941 e. The molecule has 19 heavy (non-hydrogen) atoms. The fraction of sp³-hybridized carbons (Fsp3) is 0.800. The quantitative estimate of drug-likeness (QED) is 0.779. The normalized spacial score (nSPS) is 23.2. The molecule has 0 unspecified atom stereocenters. The van der Waals surface area contributed by atoms with E-state index in [9.17, 15) is 0 Å². The standard InChI is InChI=1S/C15H23ClN2S/c16-11-13-12-19-14(17-13)3-8-18-9-6-15(7-10-18)4-1-2-5-15/h12H,1-11H2. The summed E-state index contributed by atoms with van der Waals surface area (Å²) in [7, 11) is 0. The molecule has 0 atom stereocenters. The molecule has 2 fully saturated rings. The van der Waals surface area contributed by atoms with Crippen molar-refractivity contribution in [3.8, 4) is 0 Å². The molecule has 1 aromatic heterocycles. The molecule has 1 aromatic rings. The summed E-state index contributed by atoms with van der Waals surface area (Å²) in [6, 6.07) is 0. The van der Waals surface area contributed by atoms with Gasteiger partial charge in [0.05, 0.1) is 16.6 Å². The lowest BCUT2D eigenvalue weighted by Gasteiger charge is -2.39. The fourth-order valence-electron chi connectivity index (χ4n) is 3.65. The third-order valence-corrected chi connectivity index (χ3v) is 6.19. The first-order valence-corrected chi connectivity index (χ1v) is 8.93. The minimum Gasteiger partial charge on any atom is -0.303 e. The largest absolute Gasteiger partial charge is 0.303 e. The number of likely N-dealkylation sites (tertiary alicyclic amines) is 1. The number of thiazole rings is 1. The van der Waals surface area contributed by atoms with Crippen molar-refractivity contribution in [3.05, 3.63) is 16.1 Å². The molecule has 1 saturated carbocycles. The van der Waals surface area contributed by atoms with Crippen LogP contribution in [0.5, 0.6) is 0 Å². The van der Waals surface area contributed by atoms with Crippen LogP contribution in [0.25, 0.3) is 0 Å². The third kappa shape index (κ3) is 3.32. The minimum atomic E-state index is 0.544. The number of hydrogen-bond acceptors (Lipinski definition) is 3. The van der Waals surface area contributed by atoms with Gasteiger partial charge in [0, 0.05) is 18.3 Å². The van der Waals surface area contributed by atoms with Crippen molar-refractivity contribution >= 4 is 22.9 Å². The smallest absolute Gasteiger partial charge is 0.0941 e. The first-order valence-electron chi connectivity index (χ1n) is 7.51. The highest BCUT2D eigenvalue weighted by molar-refractivity contribution is 7.09. The fourth-order valence-corrected chi connectivity index (χ4v) is 4.67. The Bertz CT molecular complexity index is 402. The maximum absolute atomic E-state index is 5.79. The van der Waals surface area contributed by atoms with E-state index in [0.717, 1.165) is 17.5 Å². The molecule has 2 heterocycles. The maximum atomic E-state index is 5.79. The minimum absolute atomic E-state index is 0.544. The molecule has 1 aliphatic heterocycles. The first-order chi connectivity index (χ1) is 9.30. The Morgan fingerprint density at radius 3 is 2.58 bits per heavy atom. The van der Waals surface area contributed by atoms with Gasteiger partial charge in [-0.2, -0.15) is 0 Å². The summed E-state index contributed by atoms with van der Waals surface area (Å²) in [4.78, 5) is 7.17. The highest BCUT2D eigenvalue weighted by Gasteiger charge is 2.36. The van der Waals surface area contributed by atoms with E-state index in [1.165, 1.54) is 63.2 Å². The van der Waals surface area contributed by atoms with Crippen LogP contribution in [0.4, 0.5) is 0 Å². The molecule has 106 valence electrons. The van der Waals surface area contributed by atoms with Crippen molar-refractivity contribution in [3.63, 3.8) is 0 Å². The molecule has 1 aliphatic carbocycles. The third-order valence-electron chi connectivity index (χ3n) is 4.96. The van der Waals surface area contributed by atoms with Crippen LogP contribution in [-0.2, 0) is 12.3 Å². The predicted molar refractivity (Wildman–Crippen MR) is 82.0 cm³/mol. The zero-order valence-electron chi connectivity index (χ0n) is 11.5. The van der Waals surface area contributed by atoms with Crippen LogP contribution in [0.15, 0.2) is 5.38 Å². The number of halogens is 1. The molecule has 0 bridgehead atoms. The molecule has 1 spiro atoms. The summed E-state index contributed by atoms with van der Waals surface area (Å²) < 4.78 is 0. The lowest BCUT2D eigenvalue weighted by Crippen LogP contribution is -2.39. The van der Waals surface area contributed by atoms with Crippen LogP contribution in [-0.4, -0.2) is 29.5 Å². The summed E-state index contributed by atoms with van der Waals surface area (Å²) in [6.07, 6.45) is 9.88. The second-order valence-electron chi connectivity index (χ2n) is 6.16. The second kappa shape index (κ2) is 6.11. The molecule has 3 rings (SSSR count). The van der Waals surface area contributed by atoms with E-state index in [0.29, 0.717) is 5.88 Å². The van der Waals surface area contributed by atoms with Gasteiger partial charge in [0.1, 0.15) is 0 Å². The van der Waals surface area contributed by atoms with Gasteiger partial charge in [0.25, 0.3) is 0 Å². The van der Waals surface area contributed by atoms with E-state index in [4.69, 9.17) is 11.6 Å². The molecule has 2 nitrogen and oxygen atoms in total. The van der Waals surface area contributed by atoms with Crippen molar-refractivity contribution < 1.29 is 0 Å². The lowest BCUT2D eigenvalue weighted by molar-refractivity contribution is 0.109. The highest BCUT2D eigenvalue weighted by atomic mass is 35.5. The number of rotatable bonds is 4. The zero-order valence-corrected chi connectivity index (χ0v) is 13.1. The molecule has 1 saturated heterocycles. The average molecular weight is 299 g/mol. The lowest BCUT2D eigenvalue weighted by atomic mass is 9.77. The van der Waals surface area contributed by atoms with Crippen LogP contribution in [0.2, 0.25) is 0 Å². The van der Waals surface area contributed by atoms with E-state index in [1.54, 1.807) is 11.3 Å². The Balaban J connectivity index is 1.44. The van der Waals surface area contributed by atoms with Crippen molar-refractivity contribution in [1.29, 1.82) is 0 Å². The molecule has 0 radical (unpaired) electrons. The van der Waals surface area contributed by atoms with Gasteiger partial charge in [-0.15, -0.1) is 22.9 Å².